The SMILES string of the molecule is COC(=O)[C@@H](NC(=O)C1(N)CCCCC1)C(C)C. The number of methoxy groups -OCH3 is 1. The smallest absolute Gasteiger partial charge is 0.328 e. The van der Waals surface area contributed by atoms with Gasteiger partial charge in [0, 0.05) is 0 Å². The zero-order valence-corrected chi connectivity index (χ0v) is 11.5. The minimum absolute atomic E-state index is 0.0198. The summed E-state index contributed by atoms with van der Waals surface area (Å²) in [6, 6.07) is -0.621. The average Bonchev–Trinajstić information content (AvgIpc) is 2.35. The van der Waals surface area contributed by atoms with E-state index in [0.29, 0.717) is 12.8 Å². The molecule has 0 saturated heterocycles. The van der Waals surface area contributed by atoms with Crippen LogP contribution in [0.4, 0.5) is 0 Å². The minimum atomic E-state index is -0.820. The molecule has 0 spiro atoms. The summed E-state index contributed by atoms with van der Waals surface area (Å²) in [4.78, 5) is 23.8. The number of amides is 1. The molecule has 0 radical (unpaired) electrons. The third-order valence-corrected chi connectivity index (χ3v) is 3.61. The highest BCUT2D eigenvalue weighted by Crippen LogP contribution is 2.26. The van der Waals surface area contributed by atoms with Gasteiger partial charge in [-0.15, -0.1) is 0 Å². The summed E-state index contributed by atoms with van der Waals surface area (Å²) in [6.45, 7) is 3.73. The lowest BCUT2D eigenvalue weighted by atomic mass is 9.81. The van der Waals surface area contributed by atoms with Crippen LogP contribution in [0.25, 0.3) is 0 Å². The molecule has 5 nitrogen and oxygen atoms in total. The van der Waals surface area contributed by atoms with Crippen LogP contribution >= 0.6 is 0 Å². The van der Waals surface area contributed by atoms with E-state index in [1.54, 1.807) is 0 Å². The number of rotatable bonds is 4. The van der Waals surface area contributed by atoms with Gasteiger partial charge in [0.15, 0.2) is 0 Å². The molecule has 3 N–H and O–H groups in total. The fourth-order valence-electron chi connectivity index (χ4n) is 2.32. The van der Waals surface area contributed by atoms with Crippen molar-refractivity contribution < 1.29 is 14.3 Å². The normalized spacial score (nSPS) is 20.3. The Bertz CT molecular complexity index is 309. The molecule has 0 heterocycles. The quantitative estimate of drug-likeness (QED) is 0.734. The summed E-state index contributed by atoms with van der Waals surface area (Å²) in [5.74, 6) is -0.669. The Morgan fingerprint density at radius 1 is 1.22 bits per heavy atom. The van der Waals surface area contributed by atoms with Crippen LogP contribution in [-0.2, 0) is 14.3 Å². The van der Waals surface area contributed by atoms with Crippen molar-refractivity contribution in [3.8, 4) is 0 Å². The Morgan fingerprint density at radius 2 is 1.78 bits per heavy atom. The molecule has 0 unspecified atom stereocenters. The first-order chi connectivity index (χ1) is 8.40. The Kier molecular flexibility index (Phi) is 5.14. The Hall–Kier alpha value is -1.10. The lowest BCUT2D eigenvalue weighted by Gasteiger charge is -2.33. The average molecular weight is 256 g/mol. The molecule has 18 heavy (non-hydrogen) atoms. The van der Waals surface area contributed by atoms with Crippen molar-refractivity contribution in [2.75, 3.05) is 7.11 Å². The summed E-state index contributed by atoms with van der Waals surface area (Å²) in [6.07, 6.45) is 4.43. The molecule has 0 aromatic heterocycles. The molecule has 1 fully saturated rings. The molecule has 0 aliphatic heterocycles. The van der Waals surface area contributed by atoms with Crippen molar-refractivity contribution in [1.29, 1.82) is 0 Å². The van der Waals surface area contributed by atoms with E-state index < -0.39 is 17.6 Å². The van der Waals surface area contributed by atoms with Crippen LogP contribution in [-0.4, -0.2) is 30.6 Å². The third-order valence-electron chi connectivity index (χ3n) is 3.61. The Labute approximate surface area is 108 Å². The number of esters is 1. The number of hydrogen-bond acceptors (Lipinski definition) is 4. The van der Waals surface area contributed by atoms with Crippen molar-refractivity contribution in [3.05, 3.63) is 0 Å². The number of nitrogens with two attached hydrogens (primary N) is 1. The summed E-state index contributed by atoms with van der Waals surface area (Å²) in [7, 11) is 1.32. The molecular weight excluding hydrogens is 232 g/mol. The van der Waals surface area contributed by atoms with Crippen molar-refractivity contribution in [1.82, 2.24) is 5.32 Å². The van der Waals surface area contributed by atoms with E-state index in [1.165, 1.54) is 7.11 Å². The third kappa shape index (κ3) is 3.45. The van der Waals surface area contributed by atoms with Crippen molar-refractivity contribution in [2.45, 2.75) is 57.5 Å². The maximum Gasteiger partial charge on any atom is 0.328 e. The van der Waals surface area contributed by atoms with E-state index in [-0.39, 0.29) is 11.8 Å². The van der Waals surface area contributed by atoms with Crippen LogP contribution in [0.2, 0.25) is 0 Å². The van der Waals surface area contributed by atoms with Gasteiger partial charge in [0.25, 0.3) is 0 Å². The van der Waals surface area contributed by atoms with Gasteiger partial charge < -0.3 is 15.8 Å². The van der Waals surface area contributed by atoms with Gasteiger partial charge in [0.2, 0.25) is 5.91 Å². The second-order valence-electron chi connectivity index (χ2n) is 5.44. The summed E-state index contributed by atoms with van der Waals surface area (Å²) in [5.41, 5.74) is 5.31. The molecule has 0 aromatic rings. The Morgan fingerprint density at radius 3 is 2.22 bits per heavy atom. The van der Waals surface area contributed by atoms with E-state index in [9.17, 15) is 9.59 Å². The second-order valence-corrected chi connectivity index (χ2v) is 5.44. The van der Waals surface area contributed by atoms with Gasteiger partial charge in [0.05, 0.1) is 12.6 Å². The first-order valence-electron chi connectivity index (χ1n) is 6.58. The van der Waals surface area contributed by atoms with Crippen LogP contribution in [0.1, 0.15) is 46.0 Å². The molecule has 1 saturated carbocycles. The molecule has 0 aromatic carbocycles. The predicted octanol–water partition coefficient (Wildman–Crippen LogP) is 0.962. The van der Waals surface area contributed by atoms with E-state index in [2.05, 4.69) is 5.32 Å². The highest BCUT2D eigenvalue weighted by Gasteiger charge is 2.38. The minimum Gasteiger partial charge on any atom is -0.467 e. The number of hydrogen-bond donors (Lipinski definition) is 2. The molecule has 5 heteroatoms. The largest absolute Gasteiger partial charge is 0.467 e. The second kappa shape index (κ2) is 6.18. The monoisotopic (exact) mass is 256 g/mol. The molecule has 1 amide bonds. The molecule has 0 bridgehead atoms. The van der Waals surface area contributed by atoms with Gasteiger partial charge in [0.1, 0.15) is 6.04 Å². The molecule has 1 rings (SSSR count). The molecule has 1 aliphatic rings. The van der Waals surface area contributed by atoms with Crippen LogP contribution in [0.3, 0.4) is 0 Å². The van der Waals surface area contributed by atoms with E-state index in [4.69, 9.17) is 10.5 Å². The van der Waals surface area contributed by atoms with Crippen LogP contribution in [0.5, 0.6) is 0 Å². The zero-order valence-electron chi connectivity index (χ0n) is 11.5. The van der Waals surface area contributed by atoms with Gasteiger partial charge >= 0.3 is 5.97 Å². The van der Waals surface area contributed by atoms with Gasteiger partial charge in [-0.2, -0.15) is 0 Å². The highest BCUT2D eigenvalue weighted by molar-refractivity contribution is 5.90. The van der Waals surface area contributed by atoms with E-state index in [0.717, 1.165) is 19.3 Å². The first-order valence-corrected chi connectivity index (χ1v) is 6.58. The molecule has 1 aliphatic carbocycles. The standard InChI is InChI=1S/C13H24N2O3/c1-9(2)10(11(16)18-3)15-12(17)13(14)7-5-4-6-8-13/h9-10H,4-8,14H2,1-3H3,(H,15,17)/t10-/m0/s1. The summed E-state index contributed by atoms with van der Waals surface area (Å²) in [5, 5.41) is 2.74. The fraction of sp³-hybridized carbons (Fsp3) is 0.846. The van der Waals surface area contributed by atoms with Gasteiger partial charge in [-0.1, -0.05) is 33.1 Å². The van der Waals surface area contributed by atoms with Gasteiger partial charge in [-0.05, 0) is 18.8 Å². The number of carbonyl (C=O) groups excluding carboxylic acids is 2. The molecular formula is C13H24N2O3. The number of ether oxygens (including phenoxy) is 1. The van der Waals surface area contributed by atoms with E-state index >= 15 is 0 Å². The summed E-state index contributed by atoms with van der Waals surface area (Å²) >= 11 is 0. The lowest BCUT2D eigenvalue weighted by Crippen LogP contribution is -2.59. The maximum absolute atomic E-state index is 12.2. The number of nitrogens with one attached hydrogen (secondary N) is 1. The van der Waals surface area contributed by atoms with Crippen molar-refractivity contribution in [2.24, 2.45) is 11.7 Å². The van der Waals surface area contributed by atoms with Crippen LogP contribution in [0, 0.1) is 5.92 Å². The fourth-order valence-corrected chi connectivity index (χ4v) is 2.32. The van der Waals surface area contributed by atoms with E-state index in [1.807, 2.05) is 13.8 Å². The molecule has 104 valence electrons. The highest BCUT2D eigenvalue weighted by atomic mass is 16.5. The van der Waals surface area contributed by atoms with Gasteiger partial charge in [-0.25, -0.2) is 4.79 Å². The number of carbonyl (C=O) groups is 2. The van der Waals surface area contributed by atoms with Crippen LogP contribution < -0.4 is 11.1 Å². The van der Waals surface area contributed by atoms with Crippen molar-refractivity contribution >= 4 is 11.9 Å². The van der Waals surface area contributed by atoms with Gasteiger partial charge in [-0.3, -0.25) is 4.79 Å². The summed E-state index contributed by atoms with van der Waals surface area (Å²) < 4.78 is 4.70. The van der Waals surface area contributed by atoms with Crippen LogP contribution in [0.15, 0.2) is 0 Å². The maximum atomic E-state index is 12.2. The topological polar surface area (TPSA) is 81.4 Å². The molecule has 1 atom stereocenters. The predicted molar refractivity (Wildman–Crippen MR) is 68.8 cm³/mol. The lowest BCUT2D eigenvalue weighted by molar-refractivity contribution is -0.147. The zero-order chi connectivity index (χ0) is 13.8. The van der Waals surface area contributed by atoms with Crippen molar-refractivity contribution in [3.63, 3.8) is 0 Å². The Balaban J connectivity index is 2.68. The first kappa shape index (κ1) is 15.0.